The van der Waals surface area contributed by atoms with Crippen LogP contribution in [-0.2, 0) is 4.79 Å². The Kier molecular flexibility index (Phi) is 6.97. The zero-order valence-corrected chi connectivity index (χ0v) is 16.6. The number of rotatable bonds is 6. The standard InChI is InChI=1S/C19H37BN2O3/c1-18(2,3)21-17(23)19(4)13-15(9-10-20(24)25)7-8-16(19)14-22-11-5-6-12-22/h15-16,24-25H,5-14H2,1-4H3,(H,21,23)/t15-,16?,19-/m0/s1. The Hall–Kier alpha value is -0.585. The molecule has 6 heteroatoms. The van der Waals surface area contributed by atoms with Crippen molar-refractivity contribution in [3.63, 3.8) is 0 Å². The van der Waals surface area contributed by atoms with Gasteiger partial charge < -0.3 is 20.3 Å². The van der Waals surface area contributed by atoms with Crippen molar-refractivity contribution < 1.29 is 14.8 Å². The third kappa shape index (κ3) is 5.97. The maximum atomic E-state index is 13.2. The van der Waals surface area contributed by atoms with Gasteiger partial charge in [0.2, 0.25) is 5.91 Å². The molecule has 1 aliphatic heterocycles. The van der Waals surface area contributed by atoms with E-state index in [1.807, 2.05) is 20.8 Å². The fourth-order valence-corrected chi connectivity index (χ4v) is 4.59. The maximum Gasteiger partial charge on any atom is 0.451 e. The Morgan fingerprint density at radius 1 is 1.24 bits per heavy atom. The highest BCUT2D eigenvalue weighted by molar-refractivity contribution is 6.40. The SMILES string of the molecule is CC(C)(C)NC(=O)[C@@]1(C)C[C@H](CCB(O)O)CCC1CN1CCCC1. The number of carbonyl (C=O) groups is 1. The van der Waals surface area contributed by atoms with E-state index in [0.717, 1.165) is 45.3 Å². The molecule has 5 nitrogen and oxygen atoms in total. The van der Waals surface area contributed by atoms with E-state index in [4.69, 9.17) is 0 Å². The molecule has 3 N–H and O–H groups in total. The second kappa shape index (κ2) is 8.40. The van der Waals surface area contributed by atoms with Crippen LogP contribution < -0.4 is 5.32 Å². The Morgan fingerprint density at radius 2 is 1.88 bits per heavy atom. The predicted octanol–water partition coefficient (Wildman–Crippen LogP) is 2.28. The lowest BCUT2D eigenvalue weighted by Gasteiger charge is -2.46. The summed E-state index contributed by atoms with van der Waals surface area (Å²) in [6.45, 7) is 11.6. The summed E-state index contributed by atoms with van der Waals surface area (Å²) >= 11 is 0. The van der Waals surface area contributed by atoms with E-state index >= 15 is 0 Å². The van der Waals surface area contributed by atoms with Crippen molar-refractivity contribution in [3.8, 4) is 0 Å². The number of likely N-dealkylation sites (tertiary alicyclic amines) is 1. The Bertz CT molecular complexity index is 446. The molecule has 1 amide bonds. The van der Waals surface area contributed by atoms with Crippen molar-refractivity contribution in [1.29, 1.82) is 0 Å². The molecule has 0 aromatic heterocycles. The van der Waals surface area contributed by atoms with Gasteiger partial charge in [0.25, 0.3) is 0 Å². The molecule has 144 valence electrons. The van der Waals surface area contributed by atoms with E-state index < -0.39 is 7.12 Å². The molecule has 0 aromatic rings. The molecule has 2 rings (SSSR count). The van der Waals surface area contributed by atoms with Crippen LogP contribution in [0.2, 0.25) is 6.32 Å². The van der Waals surface area contributed by atoms with Crippen LogP contribution >= 0.6 is 0 Å². The second-order valence-electron chi connectivity index (χ2n) is 9.53. The summed E-state index contributed by atoms with van der Waals surface area (Å²) in [5, 5.41) is 21.6. The summed E-state index contributed by atoms with van der Waals surface area (Å²) < 4.78 is 0. The zero-order chi connectivity index (χ0) is 18.7. The molecule has 0 radical (unpaired) electrons. The van der Waals surface area contributed by atoms with Crippen molar-refractivity contribution in [3.05, 3.63) is 0 Å². The minimum atomic E-state index is -1.24. The average Bonchev–Trinajstić information content (AvgIpc) is 2.99. The monoisotopic (exact) mass is 352 g/mol. The van der Waals surface area contributed by atoms with E-state index in [1.54, 1.807) is 0 Å². The number of hydrogen-bond acceptors (Lipinski definition) is 4. The fraction of sp³-hybridized carbons (Fsp3) is 0.947. The van der Waals surface area contributed by atoms with Gasteiger partial charge in [0, 0.05) is 12.1 Å². The van der Waals surface area contributed by atoms with Crippen molar-refractivity contribution in [2.45, 2.75) is 78.1 Å². The van der Waals surface area contributed by atoms with E-state index in [9.17, 15) is 14.8 Å². The molecule has 2 aliphatic rings. The molecule has 1 saturated heterocycles. The summed E-state index contributed by atoms with van der Waals surface area (Å²) in [7, 11) is -1.24. The molecule has 1 heterocycles. The molecule has 1 saturated carbocycles. The van der Waals surface area contributed by atoms with Gasteiger partial charge in [0.1, 0.15) is 0 Å². The lowest BCUT2D eigenvalue weighted by molar-refractivity contribution is -0.139. The first-order chi connectivity index (χ1) is 11.6. The van der Waals surface area contributed by atoms with Crippen LogP contribution in [0.5, 0.6) is 0 Å². The third-order valence-electron chi connectivity index (χ3n) is 6.05. The highest BCUT2D eigenvalue weighted by Crippen LogP contribution is 2.46. The normalized spacial score (nSPS) is 31.1. The number of carbonyl (C=O) groups excluding carboxylic acids is 1. The molecular formula is C19H37BN2O3. The molecule has 25 heavy (non-hydrogen) atoms. The Morgan fingerprint density at radius 3 is 2.44 bits per heavy atom. The summed E-state index contributed by atoms with van der Waals surface area (Å²) in [5.74, 6) is 0.939. The molecule has 0 spiro atoms. The first-order valence-electron chi connectivity index (χ1n) is 10.0. The number of hydrogen-bond donors (Lipinski definition) is 3. The third-order valence-corrected chi connectivity index (χ3v) is 6.05. The van der Waals surface area contributed by atoms with Crippen LogP contribution in [0, 0.1) is 17.3 Å². The smallest absolute Gasteiger partial charge is 0.427 e. The van der Waals surface area contributed by atoms with Gasteiger partial charge >= 0.3 is 7.12 Å². The van der Waals surface area contributed by atoms with Crippen molar-refractivity contribution >= 4 is 13.0 Å². The van der Waals surface area contributed by atoms with Gasteiger partial charge in [0.15, 0.2) is 0 Å². The lowest BCUT2D eigenvalue weighted by atomic mass is 9.61. The summed E-state index contributed by atoms with van der Waals surface area (Å²) in [6.07, 6.45) is 6.72. The highest BCUT2D eigenvalue weighted by Gasteiger charge is 2.47. The first-order valence-corrected chi connectivity index (χ1v) is 10.0. The second-order valence-corrected chi connectivity index (χ2v) is 9.53. The van der Waals surface area contributed by atoms with E-state index in [0.29, 0.717) is 18.2 Å². The molecule has 0 aromatic carbocycles. The van der Waals surface area contributed by atoms with Crippen LogP contribution in [0.25, 0.3) is 0 Å². The minimum Gasteiger partial charge on any atom is -0.427 e. The first kappa shape index (κ1) is 20.7. The van der Waals surface area contributed by atoms with E-state index in [1.165, 1.54) is 12.8 Å². The zero-order valence-electron chi connectivity index (χ0n) is 16.6. The van der Waals surface area contributed by atoms with Crippen LogP contribution in [-0.4, -0.2) is 53.1 Å². The Balaban J connectivity index is 2.09. The van der Waals surface area contributed by atoms with Crippen molar-refractivity contribution in [1.82, 2.24) is 10.2 Å². The van der Waals surface area contributed by atoms with Crippen LogP contribution in [0.15, 0.2) is 0 Å². The molecule has 1 unspecified atom stereocenters. The highest BCUT2D eigenvalue weighted by atomic mass is 16.4. The number of nitrogens with one attached hydrogen (secondary N) is 1. The lowest BCUT2D eigenvalue weighted by Crippen LogP contribution is -2.54. The van der Waals surface area contributed by atoms with Crippen LogP contribution in [0.4, 0.5) is 0 Å². The van der Waals surface area contributed by atoms with Gasteiger partial charge in [-0.15, -0.1) is 0 Å². The minimum absolute atomic E-state index is 0.165. The largest absolute Gasteiger partial charge is 0.451 e. The molecule has 1 aliphatic carbocycles. The van der Waals surface area contributed by atoms with Gasteiger partial charge in [-0.25, -0.2) is 0 Å². The topological polar surface area (TPSA) is 72.8 Å². The quantitative estimate of drug-likeness (QED) is 0.642. The molecule has 3 atom stereocenters. The van der Waals surface area contributed by atoms with Crippen molar-refractivity contribution in [2.75, 3.05) is 19.6 Å². The van der Waals surface area contributed by atoms with Gasteiger partial charge in [-0.2, -0.15) is 0 Å². The van der Waals surface area contributed by atoms with Gasteiger partial charge in [-0.05, 0) is 77.7 Å². The summed E-state index contributed by atoms with van der Waals surface area (Å²) in [4.78, 5) is 15.7. The molecule has 2 fully saturated rings. The average molecular weight is 352 g/mol. The van der Waals surface area contributed by atoms with E-state index in [-0.39, 0.29) is 16.9 Å². The predicted molar refractivity (Wildman–Crippen MR) is 102 cm³/mol. The van der Waals surface area contributed by atoms with Gasteiger partial charge in [-0.1, -0.05) is 19.8 Å². The van der Waals surface area contributed by atoms with Crippen molar-refractivity contribution in [2.24, 2.45) is 17.3 Å². The van der Waals surface area contributed by atoms with Crippen LogP contribution in [0.3, 0.4) is 0 Å². The number of amides is 1. The van der Waals surface area contributed by atoms with Gasteiger partial charge in [0.05, 0.1) is 5.41 Å². The summed E-state index contributed by atoms with van der Waals surface area (Å²) in [6, 6.07) is 0. The fourth-order valence-electron chi connectivity index (χ4n) is 4.59. The molecular weight excluding hydrogens is 315 g/mol. The summed E-state index contributed by atoms with van der Waals surface area (Å²) in [5.41, 5.74) is -0.605. The van der Waals surface area contributed by atoms with Gasteiger partial charge in [-0.3, -0.25) is 4.79 Å². The Labute approximate surface area is 153 Å². The van der Waals surface area contributed by atoms with E-state index in [2.05, 4.69) is 17.1 Å². The number of nitrogens with zero attached hydrogens (tertiary/aromatic N) is 1. The van der Waals surface area contributed by atoms with Crippen LogP contribution in [0.1, 0.15) is 66.2 Å². The maximum absolute atomic E-state index is 13.2. The molecule has 0 bridgehead atoms.